The van der Waals surface area contributed by atoms with Crippen LogP contribution in [0.3, 0.4) is 0 Å². The Labute approximate surface area is 85.3 Å². The van der Waals surface area contributed by atoms with Gasteiger partial charge >= 0.3 is 0 Å². The molecule has 2 bridgehead atoms. The molecule has 0 aliphatic carbocycles. The molecule has 0 unspecified atom stereocenters. The second kappa shape index (κ2) is 3.47. The average molecular weight is 227 g/mol. The fourth-order valence-corrected chi connectivity index (χ4v) is 5.28. The van der Waals surface area contributed by atoms with Crippen molar-refractivity contribution in [1.82, 2.24) is 0 Å². The van der Waals surface area contributed by atoms with Crippen LogP contribution >= 0.6 is 23.2 Å². The van der Waals surface area contributed by atoms with Crippen molar-refractivity contribution in [2.24, 2.45) is 0 Å². The lowest BCUT2D eigenvalue weighted by atomic mass is 9.98. The van der Waals surface area contributed by atoms with Gasteiger partial charge in [0.15, 0.2) is 0 Å². The lowest BCUT2D eigenvalue weighted by molar-refractivity contribution is 0.474. The highest BCUT2D eigenvalue weighted by Gasteiger charge is 2.42. The lowest BCUT2D eigenvalue weighted by Gasteiger charge is -2.39. The Morgan fingerprint density at radius 2 is 1.33 bits per heavy atom. The largest absolute Gasteiger partial charge is 0.259 e. The summed E-state index contributed by atoms with van der Waals surface area (Å²) in [5, 5.41) is 0.707. The number of rotatable bonds is 0. The first-order valence-corrected chi connectivity index (χ1v) is 6.52. The molecule has 2 aliphatic heterocycles. The van der Waals surface area contributed by atoms with E-state index in [0.29, 0.717) is 0 Å². The van der Waals surface area contributed by atoms with Crippen LogP contribution in [0, 0.1) is 0 Å². The summed E-state index contributed by atoms with van der Waals surface area (Å²) < 4.78 is 11.8. The van der Waals surface area contributed by atoms with Gasteiger partial charge in [0.25, 0.3) is 0 Å². The van der Waals surface area contributed by atoms with Crippen molar-refractivity contribution in [2.45, 2.75) is 46.9 Å². The lowest BCUT2D eigenvalue weighted by Crippen LogP contribution is -2.47. The van der Waals surface area contributed by atoms with Gasteiger partial charge in [0.05, 0.1) is 10.5 Å². The number of hydrogen-bond acceptors (Lipinski definition) is 1. The molecule has 0 aromatic rings. The third kappa shape index (κ3) is 1.42. The molecule has 0 aromatic carbocycles. The van der Waals surface area contributed by atoms with Crippen LogP contribution in [0.4, 0.5) is 0 Å². The summed E-state index contributed by atoms with van der Waals surface area (Å²) in [6, 6.07) is 0. The van der Waals surface area contributed by atoms with Crippen LogP contribution in [0.15, 0.2) is 0 Å². The van der Waals surface area contributed by atoms with Gasteiger partial charge in [-0.3, -0.25) is 4.21 Å². The predicted molar refractivity (Wildman–Crippen MR) is 53.5 cm³/mol. The molecule has 0 aromatic heterocycles. The summed E-state index contributed by atoms with van der Waals surface area (Å²) >= 11 is 12.2. The first-order chi connectivity index (χ1) is 5.70. The molecule has 2 fully saturated rings. The van der Waals surface area contributed by atoms with Crippen LogP contribution in [0.5, 0.6) is 0 Å². The Kier molecular flexibility index (Phi) is 2.69. The van der Waals surface area contributed by atoms with Crippen molar-refractivity contribution in [3.63, 3.8) is 0 Å². The third-order valence-corrected chi connectivity index (χ3v) is 6.52. The summed E-state index contributed by atoms with van der Waals surface area (Å²) in [5.74, 6) is 0. The Morgan fingerprint density at radius 3 is 1.75 bits per heavy atom. The highest BCUT2D eigenvalue weighted by Crippen LogP contribution is 2.38. The zero-order valence-corrected chi connectivity index (χ0v) is 9.04. The first kappa shape index (κ1) is 9.29. The molecule has 0 N–H and O–H groups in total. The maximum Gasteiger partial charge on any atom is 0.0515 e. The van der Waals surface area contributed by atoms with Gasteiger partial charge in [-0.15, -0.1) is 23.2 Å². The highest BCUT2D eigenvalue weighted by atomic mass is 35.5. The average Bonchev–Trinajstić information content (AvgIpc) is 2.01. The SMILES string of the molecule is O=S1[C@@H]2CC[C@H](Cl)[C@H]1CC[C@@H]2Cl. The summed E-state index contributed by atoms with van der Waals surface area (Å²) in [5.41, 5.74) is 0. The normalized spacial score (nSPS) is 53.7. The molecule has 2 heterocycles. The van der Waals surface area contributed by atoms with Crippen LogP contribution in [-0.2, 0) is 10.8 Å². The standard InChI is InChI=1S/C8H12Cl2OS/c9-5-1-3-7-6(10)2-4-8(5)12(7)11/h5-8H,1-4H2/t5-,6-,7+,8+/m0/s1. The van der Waals surface area contributed by atoms with E-state index in [1.807, 2.05) is 0 Å². The van der Waals surface area contributed by atoms with Crippen molar-refractivity contribution >= 4 is 34.0 Å². The van der Waals surface area contributed by atoms with Crippen molar-refractivity contribution in [3.8, 4) is 0 Å². The van der Waals surface area contributed by atoms with E-state index in [4.69, 9.17) is 23.2 Å². The molecular weight excluding hydrogens is 215 g/mol. The molecule has 70 valence electrons. The molecule has 0 saturated carbocycles. The number of alkyl halides is 2. The van der Waals surface area contributed by atoms with Gasteiger partial charge < -0.3 is 0 Å². The summed E-state index contributed by atoms with van der Waals surface area (Å²) in [6.45, 7) is 0. The highest BCUT2D eigenvalue weighted by molar-refractivity contribution is 7.86. The van der Waals surface area contributed by atoms with E-state index in [1.165, 1.54) is 0 Å². The molecule has 1 nitrogen and oxygen atoms in total. The van der Waals surface area contributed by atoms with Gasteiger partial charge in [-0.1, -0.05) is 0 Å². The van der Waals surface area contributed by atoms with E-state index in [-0.39, 0.29) is 21.3 Å². The van der Waals surface area contributed by atoms with Crippen LogP contribution in [0.2, 0.25) is 0 Å². The molecule has 4 atom stereocenters. The van der Waals surface area contributed by atoms with Gasteiger partial charge in [-0.2, -0.15) is 0 Å². The van der Waals surface area contributed by atoms with E-state index in [2.05, 4.69) is 0 Å². The summed E-state index contributed by atoms with van der Waals surface area (Å²) in [4.78, 5) is 0. The van der Waals surface area contributed by atoms with Crippen LogP contribution < -0.4 is 0 Å². The molecule has 0 spiro atoms. The van der Waals surface area contributed by atoms with Crippen molar-refractivity contribution in [1.29, 1.82) is 0 Å². The van der Waals surface area contributed by atoms with Gasteiger partial charge in [0.1, 0.15) is 0 Å². The third-order valence-electron chi connectivity index (χ3n) is 2.86. The van der Waals surface area contributed by atoms with E-state index >= 15 is 0 Å². The molecule has 2 saturated heterocycles. The number of hydrogen-bond donors (Lipinski definition) is 0. The Hall–Kier alpha value is 0.730. The number of halogens is 2. The van der Waals surface area contributed by atoms with E-state index in [9.17, 15) is 4.21 Å². The first-order valence-electron chi connectivity index (χ1n) is 4.37. The molecule has 0 radical (unpaired) electrons. The zero-order valence-electron chi connectivity index (χ0n) is 6.71. The number of fused-ring (bicyclic) bond motifs is 2. The summed E-state index contributed by atoms with van der Waals surface area (Å²) in [7, 11) is -0.760. The van der Waals surface area contributed by atoms with E-state index < -0.39 is 10.8 Å². The summed E-state index contributed by atoms with van der Waals surface area (Å²) in [6.07, 6.45) is 3.88. The molecule has 4 heteroatoms. The van der Waals surface area contributed by atoms with Crippen molar-refractivity contribution < 1.29 is 4.21 Å². The Balaban J connectivity index is 2.18. The minimum absolute atomic E-state index is 0.131. The van der Waals surface area contributed by atoms with Gasteiger partial charge in [-0.25, -0.2) is 0 Å². The Morgan fingerprint density at radius 1 is 0.917 bits per heavy atom. The fourth-order valence-electron chi connectivity index (χ4n) is 2.13. The maximum atomic E-state index is 11.8. The molecule has 12 heavy (non-hydrogen) atoms. The minimum atomic E-state index is -0.760. The molecule has 2 rings (SSSR count). The van der Waals surface area contributed by atoms with Crippen LogP contribution in [0.1, 0.15) is 25.7 Å². The van der Waals surface area contributed by atoms with Crippen molar-refractivity contribution in [3.05, 3.63) is 0 Å². The molecule has 0 amide bonds. The molecule has 2 aliphatic rings. The monoisotopic (exact) mass is 226 g/mol. The second-order valence-electron chi connectivity index (χ2n) is 3.59. The zero-order chi connectivity index (χ0) is 8.72. The molecular formula is C8H12Cl2OS. The quantitative estimate of drug-likeness (QED) is 0.580. The topological polar surface area (TPSA) is 17.1 Å². The van der Waals surface area contributed by atoms with Crippen molar-refractivity contribution in [2.75, 3.05) is 0 Å². The van der Waals surface area contributed by atoms with E-state index in [0.717, 1.165) is 25.7 Å². The minimum Gasteiger partial charge on any atom is -0.259 e. The predicted octanol–water partition coefficient (Wildman–Crippen LogP) is 2.27. The van der Waals surface area contributed by atoms with E-state index in [1.54, 1.807) is 0 Å². The van der Waals surface area contributed by atoms with Crippen LogP contribution in [-0.4, -0.2) is 25.5 Å². The Bertz CT molecular complexity index is 189. The van der Waals surface area contributed by atoms with Crippen LogP contribution in [0.25, 0.3) is 0 Å². The second-order valence-corrected chi connectivity index (χ2v) is 6.58. The maximum absolute atomic E-state index is 11.8. The van der Waals surface area contributed by atoms with Gasteiger partial charge in [-0.05, 0) is 25.7 Å². The fraction of sp³-hybridized carbons (Fsp3) is 1.00. The smallest absolute Gasteiger partial charge is 0.0515 e. The van der Waals surface area contributed by atoms with Gasteiger partial charge in [0.2, 0.25) is 0 Å². The van der Waals surface area contributed by atoms with Gasteiger partial charge in [0, 0.05) is 21.6 Å².